The summed E-state index contributed by atoms with van der Waals surface area (Å²) in [7, 11) is 0. The zero-order chi connectivity index (χ0) is 14.8. The Morgan fingerprint density at radius 2 is 2.00 bits per heavy atom. The molecule has 0 bridgehead atoms. The van der Waals surface area contributed by atoms with E-state index in [4.69, 9.17) is 0 Å². The van der Waals surface area contributed by atoms with Crippen LogP contribution in [0.2, 0.25) is 0 Å². The summed E-state index contributed by atoms with van der Waals surface area (Å²) < 4.78 is 1.52. The average molecular weight is 300 g/mol. The van der Waals surface area contributed by atoms with Gasteiger partial charge in [0.2, 0.25) is 0 Å². The van der Waals surface area contributed by atoms with Crippen molar-refractivity contribution < 1.29 is 4.79 Å². The average Bonchev–Trinajstić information content (AvgIpc) is 3.10. The first-order valence-corrected chi connectivity index (χ1v) is 7.04. The van der Waals surface area contributed by atoms with Gasteiger partial charge < -0.3 is 0 Å². The van der Waals surface area contributed by atoms with Crippen LogP contribution in [0.5, 0.6) is 0 Å². The molecule has 3 aromatic rings. The van der Waals surface area contributed by atoms with E-state index < -0.39 is 0 Å². The number of hydrogen-bond acceptors (Lipinski definition) is 6. The highest BCUT2D eigenvalue weighted by Crippen LogP contribution is 2.21. The molecule has 106 valence electrons. The third kappa shape index (κ3) is 2.79. The van der Waals surface area contributed by atoms with Crippen LogP contribution in [0.1, 0.15) is 20.9 Å². The number of aryl methyl sites for hydroxylation is 2. The molecular formula is C13H12N6OS. The molecule has 1 amide bonds. The van der Waals surface area contributed by atoms with E-state index in [1.54, 1.807) is 24.3 Å². The Hall–Kier alpha value is -2.61. The van der Waals surface area contributed by atoms with Crippen molar-refractivity contribution in [1.29, 1.82) is 0 Å². The molecule has 3 rings (SSSR count). The molecule has 8 heteroatoms. The van der Waals surface area contributed by atoms with Gasteiger partial charge in [0.1, 0.15) is 6.33 Å². The van der Waals surface area contributed by atoms with Gasteiger partial charge >= 0.3 is 0 Å². The van der Waals surface area contributed by atoms with Crippen molar-refractivity contribution >= 4 is 22.4 Å². The molecule has 0 atom stereocenters. The van der Waals surface area contributed by atoms with Gasteiger partial charge in [-0.2, -0.15) is 0 Å². The molecule has 2 heterocycles. The number of aromatic nitrogens is 5. The Morgan fingerprint density at radius 3 is 2.57 bits per heavy atom. The molecule has 2 aromatic heterocycles. The normalized spacial score (nSPS) is 10.6. The summed E-state index contributed by atoms with van der Waals surface area (Å²) >= 11 is 1.46. The van der Waals surface area contributed by atoms with Crippen molar-refractivity contribution in [2.45, 2.75) is 13.8 Å². The van der Waals surface area contributed by atoms with E-state index in [0.717, 1.165) is 16.3 Å². The minimum atomic E-state index is -0.188. The van der Waals surface area contributed by atoms with Crippen LogP contribution in [0, 0.1) is 13.8 Å². The van der Waals surface area contributed by atoms with Crippen LogP contribution in [0.3, 0.4) is 0 Å². The molecule has 7 nitrogen and oxygen atoms in total. The van der Waals surface area contributed by atoms with E-state index in [9.17, 15) is 4.79 Å². The van der Waals surface area contributed by atoms with Crippen molar-refractivity contribution in [1.82, 2.24) is 25.2 Å². The topological polar surface area (TPSA) is 85.6 Å². The second kappa shape index (κ2) is 5.41. The van der Waals surface area contributed by atoms with E-state index >= 15 is 0 Å². The van der Waals surface area contributed by atoms with Crippen LogP contribution >= 0.6 is 11.3 Å². The van der Waals surface area contributed by atoms with Gasteiger partial charge in [0, 0.05) is 10.4 Å². The highest BCUT2D eigenvalue weighted by Gasteiger charge is 2.10. The van der Waals surface area contributed by atoms with Gasteiger partial charge in [0.15, 0.2) is 5.13 Å². The zero-order valence-corrected chi connectivity index (χ0v) is 12.3. The summed E-state index contributed by atoms with van der Waals surface area (Å²) in [5.41, 5.74) is 2.28. The lowest BCUT2D eigenvalue weighted by molar-refractivity contribution is 0.102. The maximum absolute atomic E-state index is 12.1. The first kappa shape index (κ1) is 13.4. The van der Waals surface area contributed by atoms with Gasteiger partial charge in [0.05, 0.1) is 11.4 Å². The van der Waals surface area contributed by atoms with Crippen LogP contribution in [0.15, 0.2) is 30.6 Å². The van der Waals surface area contributed by atoms with Crippen LogP contribution in [-0.4, -0.2) is 31.1 Å². The fourth-order valence-corrected chi connectivity index (χ4v) is 2.55. The highest BCUT2D eigenvalue weighted by molar-refractivity contribution is 7.15. The maximum Gasteiger partial charge on any atom is 0.257 e. The van der Waals surface area contributed by atoms with Crippen molar-refractivity contribution in [2.24, 2.45) is 0 Å². The predicted octanol–water partition coefficient (Wildman–Crippen LogP) is 1.99. The summed E-state index contributed by atoms with van der Waals surface area (Å²) in [6.07, 6.45) is 1.50. The lowest BCUT2D eigenvalue weighted by atomic mass is 10.2. The molecule has 21 heavy (non-hydrogen) atoms. The fraction of sp³-hybridized carbons (Fsp3) is 0.154. The molecular weight excluding hydrogens is 288 g/mol. The minimum Gasteiger partial charge on any atom is -0.298 e. The van der Waals surface area contributed by atoms with Crippen LogP contribution < -0.4 is 5.32 Å². The first-order valence-electron chi connectivity index (χ1n) is 6.22. The van der Waals surface area contributed by atoms with E-state index in [1.165, 1.54) is 22.3 Å². The standard InChI is InChI=1S/C13H12N6OS/c1-8-9(2)21-13(15-8)16-12(20)10-3-5-11(6-4-10)19-7-14-17-18-19/h3-7H,1-2H3,(H,15,16,20). The van der Waals surface area contributed by atoms with E-state index in [2.05, 4.69) is 25.8 Å². The van der Waals surface area contributed by atoms with Crippen LogP contribution in [-0.2, 0) is 0 Å². The molecule has 0 saturated carbocycles. The third-order valence-corrected chi connectivity index (χ3v) is 3.98. The van der Waals surface area contributed by atoms with Crippen molar-refractivity contribution in [3.63, 3.8) is 0 Å². The predicted molar refractivity (Wildman–Crippen MR) is 78.7 cm³/mol. The van der Waals surface area contributed by atoms with Gasteiger partial charge in [-0.25, -0.2) is 9.67 Å². The number of tetrazole rings is 1. The summed E-state index contributed by atoms with van der Waals surface area (Å²) in [4.78, 5) is 17.5. The summed E-state index contributed by atoms with van der Waals surface area (Å²) in [5.74, 6) is -0.188. The Morgan fingerprint density at radius 1 is 1.24 bits per heavy atom. The smallest absolute Gasteiger partial charge is 0.257 e. The van der Waals surface area contributed by atoms with Crippen LogP contribution in [0.25, 0.3) is 5.69 Å². The van der Waals surface area contributed by atoms with Gasteiger partial charge in [-0.1, -0.05) is 0 Å². The number of nitrogens with zero attached hydrogens (tertiary/aromatic N) is 5. The Kier molecular flexibility index (Phi) is 3.44. The SMILES string of the molecule is Cc1nc(NC(=O)c2ccc(-n3cnnn3)cc2)sc1C. The molecule has 0 fully saturated rings. The van der Waals surface area contributed by atoms with Crippen molar-refractivity contribution in [3.8, 4) is 5.69 Å². The van der Waals surface area contributed by atoms with E-state index in [-0.39, 0.29) is 5.91 Å². The number of anilines is 1. The molecule has 1 aromatic carbocycles. The fourth-order valence-electron chi connectivity index (χ4n) is 1.74. The van der Waals surface area contributed by atoms with E-state index in [1.807, 2.05) is 13.8 Å². The van der Waals surface area contributed by atoms with Crippen molar-refractivity contribution in [2.75, 3.05) is 5.32 Å². The zero-order valence-electron chi connectivity index (χ0n) is 11.4. The number of carbonyl (C=O) groups is 1. The number of thiazole rings is 1. The summed E-state index contributed by atoms with van der Waals surface area (Å²) in [5, 5.41) is 14.3. The van der Waals surface area contributed by atoms with Crippen molar-refractivity contribution in [3.05, 3.63) is 46.7 Å². The number of amides is 1. The Bertz CT molecular complexity index is 743. The molecule has 0 aliphatic heterocycles. The maximum atomic E-state index is 12.1. The number of hydrogen-bond donors (Lipinski definition) is 1. The van der Waals surface area contributed by atoms with Gasteiger partial charge in [-0.15, -0.1) is 16.4 Å². The molecule has 0 unspecified atom stereocenters. The number of benzene rings is 1. The molecule has 0 aliphatic rings. The molecule has 0 spiro atoms. The molecule has 0 saturated heterocycles. The first-order chi connectivity index (χ1) is 10.1. The Balaban J connectivity index is 1.76. The second-order valence-corrected chi connectivity index (χ2v) is 5.62. The van der Waals surface area contributed by atoms with Gasteiger partial charge in [-0.05, 0) is 48.5 Å². The highest BCUT2D eigenvalue weighted by atomic mass is 32.1. The number of nitrogens with one attached hydrogen (secondary N) is 1. The minimum absolute atomic E-state index is 0.188. The van der Waals surface area contributed by atoms with E-state index in [0.29, 0.717) is 10.7 Å². The van der Waals surface area contributed by atoms with Gasteiger partial charge in [0.25, 0.3) is 5.91 Å². The summed E-state index contributed by atoms with van der Waals surface area (Å²) in [6, 6.07) is 7.01. The second-order valence-electron chi connectivity index (χ2n) is 4.42. The number of rotatable bonds is 3. The quantitative estimate of drug-likeness (QED) is 0.799. The Labute approximate surface area is 124 Å². The third-order valence-electron chi connectivity index (χ3n) is 2.99. The summed E-state index contributed by atoms with van der Waals surface area (Å²) in [6.45, 7) is 3.89. The molecule has 0 aliphatic carbocycles. The van der Waals surface area contributed by atoms with Crippen LogP contribution in [0.4, 0.5) is 5.13 Å². The lowest BCUT2D eigenvalue weighted by Gasteiger charge is -2.03. The molecule has 0 radical (unpaired) electrons. The number of carbonyl (C=O) groups excluding carboxylic acids is 1. The largest absolute Gasteiger partial charge is 0.298 e. The molecule has 1 N–H and O–H groups in total. The van der Waals surface area contributed by atoms with Gasteiger partial charge in [-0.3, -0.25) is 10.1 Å². The lowest BCUT2D eigenvalue weighted by Crippen LogP contribution is -2.11. The monoisotopic (exact) mass is 300 g/mol.